The molecule has 0 amide bonds. The quantitative estimate of drug-likeness (QED) is 0.552. The molecule has 2 aromatic heterocycles. The van der Waals surface area contributed by atoms with Crippen molar-refractivity contribution in [3.63, 3.8) is 0 Å². The first kappa shape index (κ1) is 9.95. The van der Waals surface area contributed by atoms with Crippen LogP contribution in [0.5, 0.6) is 0 Å². The van der Waals surface area contributed by atoms with Crippen LogP contribution in [0.1, 0.15) is 4.88 Å². The molecule has 0 saturated carbocycles. The van der Waals surface area contributed by atoms with Crippen LogP contribution in [-0.4, -0.2) is 5.84 Å². The van der Waals surface area contributed by atoms with E-state index in [1.165, 1.54) is 11.3 Å². The zero-order valence-corrected chi connectivity index (χ0v) is 8.57. The molecule has 0 fully saturated rings. The molecule has 68 valence electrons. The Balaban J connectivity index is 0.000000145. The van der Waals surface area contributed by atoms with Gasteiger partial charge in [0.2, 0.25) is 0 Å². The van der Waals surface area contributed by atoms with Crippen LogP contribution in [0.15, 0.2) is 40.4 Å². The lowest BCUT2D eigenvalue weighted by Crippen LogP contribution is -2.08. The number of hydrogen-bond acceptors (Lipinski definition) is 3. The Hall–Kier alpha value is -1.13. The molecule has 0 aliphatic rings. The van der Waals surface area contributed by atoms with E-state index in [9.17, 15) is 0 Å². The molecule has 0 atom stereocenters. The highest BCUT2D eigenvalue weighted by Crippen LogP contribution is 2.05. The van der Waals surface area contributed by atoms with Crippen LogP contribution in [0, 0.1) is 5.41 Å². The fraction of sp³-hybridized carbons (Fsp3) is 0. The lowest BCUT2D eigenvalue weighted by Gasteiger charge is -1.84. The summed E-state index contributed by atoms with van der Waals surface area (Å²) in [6.07, 6.45) is 0. The van der Waals surface area contributed by atoms with E-state index in [4.69, 9.17) is 11.1 Å². The van der Waals surface area contributed by atoms with Crippen LogP contribution in [0.4, 0.5) is 0 Å². The van der Waals surface area contributed by atoms with Crippen molar-refractivity contribution >= 4 is 28.5 Å². The minimum atomic E-state index is 0.153. The topological polar surface area (TPSA) is 49.9 Å². The monoisotopic (exact) mass is 210 g/mol. The van der Waals surface area contributed by atoms with E-state index in [0.717, 1.165) is 4.88 Å². The highest BCUT2D eigenvalue weighted by Gasteiger charge is 1.92. The SMILES string of the molecule is N=C(N)c1cccs1.c1ccsc1. The van der Waals surface area contributed by atoms with Gasteiger partial charge in [-0.3, -0.25) is 5.41 Å². The Kier molecular flexibility index (Phi) is 4.21. The Morgan fingerprint density at radius 2 is 1.85 bits per heavy atom. The van der Waals surface area contributed by atoms with Gasteiger partial charge in [-0.15, -0.1) is 11.3 Å². The molecule has 0 aliphatic heterocycles. The second-order valence-corrected chi connectivity index (χ2v) is 3.95. The molecule has 0 aromatic carbocycles. The van der Waals surface area contributed by atoms with Crippen LogP contribution < -0.4 is 5.73 Å². The normalized spacial score (nSPS) is 8.62. The Morgan fingerprint density at radius 1 is 1.15 bits per heavy atom. The Labute approximate surface area is 85.2 Å². The third kappa shape index (κ3) is 3.87. The number of hydrogen-bond donors (Lipinski definition) is 2. The van der Waals surface area contributed by atoms with Crippen molar-refractivity contribution in [2.24, 2.45) is 5.73 Å². The molecule has 3 N–H and O–H groups in total. The molecular formula is C9H10N2S2. The zero-order valence-electron chi connectivity index (χ0n) is 6.94. The summed E-state index contributed by atoms with van der Waals surface area (Å²) >= 11 is 3.19. The van der Waals surface area contributed by atoms with Crippen molar-refractivity contribution in [3.05, 3.63) is 45.3 Å². The van der Waals surface area contributed by atoms with Gasteiger partial charge in [0, 0.05) is 0 Å². The average Bonchev–Trinajstić information content (AvgIpc) is 2.82. The van der Waals surface area contributed by atoms with Gasteiger partial charge in [-0.1, -0.05) is 18.2 Å². The first-order valence-corrected chi connectivity index (χ1v) is 5.48. The predicted molar refractivity (Wildman–Crippen MR) is 59.7 cm³/mol. The third-order valence-electron chi connectivity index (χ3n) is 1.21. The first-order valence-electron chi connectivity index (χ1n) is 3.66. The molecule has 0 radical (unpaired) electrons. The number of amidine groups is 1. The summed E-state index contributed by atoms with van der Waals surface area (Å²) in [5, 5.41) is 12.9. The van der Waals surface area contributed by atoms with Crippen LogP contribution >= 0.6 is 22.7 Å². The fourth-order valence-electron chi connectivity index (χ4n) is 0.659. The maximum absolute atomic E-state index is 6.94. The van der Waals surface area contributed by atoms with Crippen LogP contribution in [0.25, 0.3) is 0 Å². The highest BCUT2D eigenvalue weighted by molar-refractivity contribution is 7.12. The van der Waals surface area contributed by atoms with Crippen molar-refractivity contribution in [1.29, 1.82) is 5.41 Å². The Morgan fingerprint density at radius 3 is 2.08 bits per heavy atom. The number of nitrogens with two attached hydrogens (primary N) is 1. The molecule has 0 bridgehead atoms. The van der Waals surface area contributed by atoms with E-state index >= 15 is 0 Å². The van der Waals surface area contributed by atoms with E-state index in [2.05, 4.69) is 0 Å². The first-order chi connectivity index (χ1) is 6.30. The van der Waals surface area contributed by atoms with Gasteiger partial charge in [-0.05, 0) is 22.2 Å². The molecule has 13 heavy (non-hydrogen) atoms. The van der Waals surface area contributed by atoms with Crippen molar-refractivity contribution in [1.82, 2.24) is 0 Å². The lowest BCUT2D eigenvalue weighted by atomic mass is 10.4. The predicted octanol–water partition coefficient (Wildman–Crippen LogP) is 2.78. The molecule has 2 nitrogen and oxygen atoms in total. The van der Waals surface area contributed by atoms with Gasteiger partial charge in [-0.2, -0.15) is 11.3 Å². The van der Waals surface area contributed by atoms with Crippen molar-refractivity contribution in [3.8, 4) is 0 Å². The molecule has 2 heterocycles. The fourth-order valence-corrected chi connectivity index (χ4v) is 1.70. The molecule has 2 rings (SSSR count). The summed E-state index contributed by atoms with van der Waals surface area (Å²) in [5.74, 6) is 0.153. The molecular weight excluding hydrogens is 200 g/mol. The maximum atomic E-state index is 6.94. The van der Waals surface area contributed by atoms with Crippen molar-refractivity contribution in [2.75, 3.05) is 0 Å². The minimum absolute atomic E-state index is 0.153. The van der Waals surface area contributed by atoms with Gasteiger partial charge in [0.05, 0.1) is 4.88 Å². The number of nitrogens with one attached hydrogen (secondary N) is 1. The number of nitrogen functional groups attached to an aromatic ring is 1. The van der Waals surface area contributed by atoms with E-state index < -0.39 is 0 Å². The standard InChI is InChI=1S/C5H6N2S.C4H4S/c6-5(7)4-2-1-3-8-4;1-2-4-5-3-1/h1-3H,(H3,6,7);1-4H. The molecule has 0 spiro atoms. The second kappa shape index (κ2) is 5.50. The van der Waals surface area contributed by atoms with Gasteiger partial charge < -0.3 is 5.73 Å². The number of rotatable bonds is 1. The summed E-state index contributed by atoms with van der Waals surface area (Å²) in [5.41, 5.74) is 5.15. The summed E-state index contributed by atoms with van der Waals surface area (Å²) in [6.45, 7) is 0. The zero-order chi connectivity index (χ0) is 9.52. The van der Waals surface area contributed by atoms with Gasteiger partial charge in [0.25, 0.3) is 0 Å². The molecule has 4 heteroatoms. The van der Waals surface area contributed by atoms with E-state index in [1.807, 2.05) is 40.4 Å². The lowest BCUT2D eigenvalue weighted by molar-refractivity contribution is 1.45. The van der Waals surface area contributed by atoms with Crippen molar-refractivity contribution < 1.29 is 0 Å². The molecule has 0 aliphatic carbocycles. The second-order valence-electron chi connectivity index (χ2n) is 2.18. The van der Waals surface area contributed by atoms with Crippen LogP contribution in [0.3, 0.4) is 0 Å². The van der Waals surface area contributed by atoms with Crippen LogP contribution in [-0.2, 0) is 0 Å². The largest absolute Gasteiger partial charge is 0.383 e. The van der Waals surface area contributed by atoms with Gasteiger partial charge in [0.1, 0.15) is 5.84 Å². The highest BCUT2D eigenvalue weighted by atomic mass is 32.1. The molecule has 0 saturated heterocycles. The molecule has 2 aromatic rings. The van der Waals surface area contributed by atoms with E-state index in [-0.39, 0.29) is 5.84 Å². The average molecular weight is 210 g/mol. The smallest absolute Gasteiger partial charge is 0.133 e. The minimum Gasteiger partial charge on any atom is -0.383 e. The Bertz CT molecular complexity index is 307. The summed E-state index contributed by atoms with van der Waals surface area (Å²) in [7, 11) is 0. The summed E-state index contributed by atoms with van der Waals surface area (Å²) in [6, 6.07) is 7.74. The maximum Gasteiger partial charge on any atom is 0.133 e. The van der Waals surface area contributed by atoms with E-state index in [1.54, 1.807) is 11.3 Å². The van der Waals surface area contributed by atoms with Gasteiger partial charge >= 0.3 is 0 Å². The van der Waals surface area contributed by atoms with Crippen LogP contribution in [0.2, 0.25) is 0 Å². The number of thiophene rings is 2. The van der Waals surface area contributed by atoms with Gasteiger partial charge in [0.15, 0.2) is 0 Å². The van der Waals surface area contributed by atoms with E-state index in [0.29, 0.717) is 0 Å². The van der Waals surface area contributed by atoms with Crippen molar-refractivity contribution in [2.45, 2.75) is 0 Å². The van der Waals surface area contributed by atoms with Gasteiger partial charge in [-0.25, -0.2) is 0 Å². The molecule has 0 unspecified atom stereocenters. The summed E-state index contributed by atoms with van der Waals surface area (Å²) in [4.78, 5) is 0.838. The summed E-state index contributed by atoms with van der Waals surface area (Å²) < 4.78 is 0. The third-order valence-corrected chi connectivity index (χ3v) is 2.74.